The number of aliphatic imine (C=N–C) groups is 1. The average Bonchev–Trinajstić information content (AvgIpc) is 3.34. The Morgan fingerprint density at radius 3 is 2.74 bits per heavy atom. The fourth-order valence-corrected chi connectivity index (χ4v) is 3.73. The van der Waals surface area contributed by atoms with Crippen LogP contribution in [0.25, 0.3) is 0 Å². The molecule has 0 saturated carbocycles. The van der Waals surface area contributed by atoms with E-state index in [2.05, 4.69) is 32.2 Å². The summed E-state index contributed by atoms with van der Waals surface area (Å²) in [4.78, 5) is 9.29. The minimum atomic E-state index is 0. The highest BCUT2D eigenvalue weighted by Crippen LogP contribution is 2.32. The molecule has 1 atom stereocenters. The van der Waals surface area contributed by atoms with E-state index in [0.29, 0.717) is 12.7 Å². The molecular formula is C19H29IN4O3. The molecule has 0 spiro atoms. The summed E-state index contributed by atoms with van der Waals surface area (Å²) in [6.07, 6.45) is 1.15. The van der Waals surface area contributed by atoms with Crippen LogP contribution in [0, 0.1) is 5.92 Å². The van der Waals surface area contributed by atoms with Gasteiger partial charge in [-0.3, -0.25) is 9.89 Å². The van der Waals surface area contributed by atoms with Crippen molar-refractivity contribution in [2.75, 3.05) is 59.8 Å². The summed E-state index contributed by atoms with van der Waals surface area (Å²) in [5.74, 6) is 3.33. The summed E-state index contributed by atoms with van der Waals surface area (Å²) < 4.78 is 16.3. The summed E-state index contributed by atoms with van der Waals surface area (Å²) >= 11 is 0. The summed E-state index contributed by atoms with van der Waals surface area (Å²) in [6, 6.07) is 6.23. The average molecular weight is 488 g/mol. The van der Waals surface area contributed by atoms with Gasteiger partial charge in [0.1, 0.15) is 0 Å². The largest absolute Gasteiger partial charge is 0.454 e. The zero-order valence-corrected chi connectivity index (χ0v) is 18.2. The fourth-order valence-electron chi connectivity index (χ4n) is 3.73. The van der Waals surface area contributed by atoms with Crippen molar-refractivity contribution < 1.29 is 14.2 Å². The van der Waals surface area contributed by atoms with Crippen LogP contribution in [0.1, 0.15) is 12.0 Å². The summed E-state index contributed by atoms with van der Waals surface area (Å²) in [7, 11) is 1.87. The lowest BCUT2D eigenvalue weighted by molar-refractivity contribution is 0.170. The molecule has 1 aromatic rings. The van der Waals surface area contributed by atoms with Crippen LogP contribution < -0.4 is 14.8 Å². The minimum Gasteiger partial charge on any atom is -0.454 e. The van der Waals surface area contributed by atoms with E-state index in [9.17, 15) is 0 Å². The predicted molar refractivity (Wildman–Crippen MR) is 115 cm³/mol. The molecule has 27 heavy (non-hydrogen) atoms. The predicted octanol–water partition coefficient (Wildman–Crippen LogP) is 1.76. The normalized spacial score (nSPS) is 22.6. The SMILES string of the molecule is CN=C(NCC1CCOC1)N1CCN(Cc2ccc3c(c2)OCO3)CC1.I. The van der Waals surface area contributed by atoms with Crippen molar-refractivity contribution in [3.05, 3.63) is 23.8 Å². The lowest BCUT2D eigenvalue weighted by atomic mass is 10.1. The maximum absolute atomic E-state index is 5.48. The van der Waals surface area contributed by atoms with Crippen molar-refractivity contribution >= 4 is 29.9 Å². The van der Waals surface area contributed by atoms with Crippen LogP contribution >= 0.6 is 24.0 Å². The molecule has 1 aromatic carbocycles. The third-order valence-electron chi connectivity index (χ3n) is 5.30. The highest BCUT2D eigenvalue weighted by atomic mass is 127. The van der Waals surface area contributed by atoms with E-state index >= 15 is 0 Å². The maximum Gasteiger partial charge on any atom is 0.231 e. The first-order valence-electron chi connectivity index (χ1n) is 9.46. The number of nitrogens with one attached hydrogen (secondary N) is 1. The van der Waals surface area contributed by atoms with E-state index in [1.54, 1.807) is 0 Å². The van der Waals surface area contributed by atoms with E-state index in [0.717, 1.165) is 76.4 Å². The van der Waals surface area contributed by atoms with Crippen LogP contribution in [0.5, 0.6) is 11.5 Å². The van der Waals surface area contributed by atoms with Gasteiger partial charge in [0, 0.05) is 58.8 Å². The zero-order chi connectivity index (χ0) is 17.8. The number of piperazine rings is 1. The summed E-state index contributed by atoms with van der Waals surface area (Å²) in [5.41, 5.74) is 1.27. The number of halogens is 1. The van der Waals surface area contributed by atoms with Gasteiger partial charge in [-0.1, -0.05) is 6.07 Å². The number of fused-ring (bicyclic) bond motifs is 1. The first-order chi connectivity index (χ1) is 12.8. The van der Waals surface area contributed by atoms with Crippen molar-refractivity contribution in [1.82, 2.24) is 15.1 Å². The Bertz CT molecular complexity index is 644. The minimum absolute atomic E-state index is 0. The second kappa shape index (κ2) is 9.79. The van der Waals surface area contributed by atoms with Crippen LogP contribution in [-0.4, -0.2) is 75.5 Å². The number of hydrogen-bond donors (Lipinski definition) is 1. The summed E-state index contributed by atoms with van der Waals surface area (Å²) in [6.45, 7) is 8.02. The molecule has 4 rings (SSSR count). The van der Waals surface area contributed by atoms with Gasteiger partial charge < -0.3 is 24.4 Å². The second-order valence-electron chi connectivity index (χ2n) is 7.11. The molecule has 7 nitrogen and oxygen atoms in total. The highest BCUT2D eigenvalue weighted by molar-refractivity contribution is 14.0. The smallest absolute Gasteiger partial charge is 0.231 e. The van der Waals surface area contributed by atoms with Crippen LogP contribution in [-0.2, 0) is 11.3 Å². The molecular weight excluding hydrogens is 459 g/mol. The monoisotopic (exact) mass is 488 g/mol. The Labute approximate surface area is 178 Å². The number of ether oxygens (including phenoxy) is 3. The van der Waals surface area contributed by atoms with Crippen LogP contribution in [0.15, 0.2) is 23.2 Å². The van der Waals surface area contributed by atoms with Gasteiger partial charge in [-0.05, 0) is 24.1 Å². The lowest BCUT2D eigenvalue weighted by Gasteiger charge is -2.36. The zero-order valence-electron chi connectivity index (χ0n) is 15.9. The molecule has 150 valence electrons. The van der Waals surface area contributed by atoms with Gasteiger partial charge in [0.2, 0.25) is 6.79 Å². The lowest BCUT2D eigenvalue weighted by Crippen LogP contribution is -2.52. The third kappa shape index (κ3) is 5.17. The van der Waals surface area contributed by atoms with Crippen LogP contribution in [0.4, 0.5) is 0 Å². The molecule has 0 radical (unpaired) electrons. The second-order valence-corrected chi connectivity index (χ2v) is 7.11. The quantitative estimate of drug-likeness (QED) is 0.396. The first kappa shape index (κ1) is 20.5. The van der Waals surface area contributed by atoms with E-state index in [1.165, 1.54) is 5.56 Å². The Balaban J connectivity index is 0.00000210. The molecule has 1 unspecified atom stereocenters. The van der Waals surface area contributed by atoms with E-state index in [4.69, 9.17) is 14.2 Å². The molecule has 3 aliphatic heterocycles. The van der Waals surface area contributed by atoms with E-state index in [-0.39, 0.29) is 24.0 Å². The Morgan fingerprint density at radius 1 is 1.19 bits per heavy atom. The number of hydrogen-bond acceptors (Lipinski definition) is 5. The maximum atomic E-state index is 5.48. The molecule has 0 bridgehead atoms. The van der Waals surface area contributed by atoms with E-state index < -0.39 is 0 Å². The van der Waals surface area contributed by atoms with Gasteiger partial charge in [0.05, 0.1) is 6.61 Å². The Morgan fingerprint density at radius 2 is 2.00 bits per heavy atom. The number of benzene rings is 1. The molecule has 1 N–H and O–H groups in total. The third-order valence-corrected chi connectivity index (χ3v) is 5.30. The number of guanidine groups is 1. The molecule has 0 amide bonds. The van der Waals surface area contributed by atoms with Crippen molar-refractivity contribution in [2.45, 2.75) is 13.0 Å². The van der Waals surface area contributed by atoms with Crippen molar-refractivity contribution in [1.29, 1.82) is 0 Å². The highest BCUT2D eigenvalue weighted by Gasteiger charge is 2.22. The van der Waals surface area contributed by atoms with Gasteiger partial charge in [0.25, 0.3) is 0 Å². The number of rotatable bonds is 4. The van der Waals surface area contributed by atoms with Gasteiger partial charge >= 0.3 is 0 Å². The Hall–Kier alpha value is -1.26. The first-order valence-corrected chi connectivity index (χ1v) is 9.46. The van der Waals surface area contributed by atoms with Crippen molar-refractivity contribution in [3.8, 4) is 11.5 Å². The molecule has 0 aromatic heterocycles. The molecule has 0 aliphatic carbocycles. The topological polar surface area (TPSA) is 58.6 Å². The molecule has 8 heteroatoms. The molecule has 2 fully saturated rings. The molecule has 2 saturated heterocycles. The van der Waals surface area contributed by atoms with Crippen LogP contribution in [0.2, 0.25) is 0 Å². The standard InChI is InChI=1S/C19H28N4O3.HI/c1-20-19(21-11-16-4-9-24-13-16)23-7-5-22(6-8-23)12-15-2-3-17-18(10-15)26-14-25-17;/h2-3,10,16H,4-9,11-14H2,1H3,(H,20,21);1H. The van der Waals surface area contributed by atoms with E-state index in [1.807, 2.05) is 13.1 Å². The van der Waals surface area contributed by atoms with Crippen molar-refractivity contribution in [3.63, 3.8) is 0 Å². The molecule has 3 aliphatic rings. The van der Waals surface area contributed by atoms with Gasteiger partial charge in [-0.15, -0.1) is 24.0 Å². The van der Waals surface area contributed by atoms with Gasteiger partial charge in [0.15, 0.2) is 17.5 Å². The molecule has 3 heterocycles. The summed E-state index contributed by atoms with van der Waals surface area (Å²) in [5, 5.41) is 3.52. The fraction of sp³-hybridized carbons (Fsp3) is 0.632. The Kier molecular flexibility index (Phi) is 7.42. The number of nitrogens with zero attached hydrogens (tertiary/aromatic N) is 3. The van der Waals surface area contributed by atoms with Gasteiger partial charge in [-0.25, -0.2) is 0 Å². The van der Waals surface area contributed by atoms with Crippen LogP contribution in [0.3, 0.4) is 0 Å². The van der Waals surface area contributed by atoms with Crippen molar-refractivity contribution in [2.24, 2.45) is 10.9 Å². The van der Waals surface area contributed by atoms with Gasteiger partial charge in [-0.2, -0.15) is 0 Å².